The van der Waals surface area contributed by atoms with Gasteiger partial charge in [0, 0.05) is 35.8 Å². The van der Waals surface area contributed by atoms with Gasteiger partial charge >= 0.3 is 12.1 Å². The Balaban J connectivity index is 0.000000649. The molecule has 7 rings (SSSR count). The van der Waals surface area contributed by atoms with Gasteiger partial charge in [0.15, 0.2) is 6.04 Å². The van der Waals surface area contributed by atoms with Crippen LogP contribution in [0, 0.1) is 0 Å². The Morgan fingerprint density at radius 3 is 2.06 bits per heavy atom. The molecule has 54 heavy (non-hydrogen) atoms. The minimum absolute atomic E-state index is 0.173. The fourth-order valence-corrected chi connectivity index (χ4v) is 8.00. The second-order valence-electron chi connectivity index (χ2n) is 13.7. The molecule has 2 saturated carbocycles. The number of piperazine rings is 1. The molecular weight excluding hydrogens is 757 g/mol. The van der Waals surface area contributed by atoms with Gasteiger partial charge in [0.1, 0.15) is 5.75 Å². The second kappa shape index (κ2) is 15.4. The molecule has 1 heterocycles. The summed E-state index contributed by atoms with van der Waals surface area (Å²) in [5, 5.41) is 12.4. The van der Waals surface area contributed by atoms with Crippen molar-refractivity contribution in [2.75, 3.05) is 19.6 Å². The maximum absolute atomic E-state index is 16.5. The maximum Gasteiger partial charge on any atom is 0.490 e. The number of carbonyl (C=O) groups excluding carboxylic acids is 1. The molecule has 288 valence electrons. The Labute approximate surface area is 313 Å². The number of ether oxygens (including phenoxy) is 1. The van der Waals surface area contributed by atoms with E-state index in [0.29, 0.717) is 28.3 Å². The van der Waals surface area contributed by atoms with Crippen LogP contribution in [-0.4, -0.2) is 73.8 Å². The summed E-state index contributed by atoms with van der Waals surface area (Å²) in [6.45, 7) is 0.895. The first-order valence-corrected chi connectivity index (χ1v) is 19.1. The van der Waals surface area contributed by atoms with E-state index in [1.807, 2.05) is 6.07 Å². The fourth-order valence-electron chi connectivity index (χ4n) is 6.65. The van der Waals surface area contributed by atoms with Crippen molar-refractivity contribution in [2.45, 2.75) is 73.2 Å². The van der Waals surface area contributed by atoms with Gasteiger partial charge in [-0.05, 0) is 96.8 Å². The lowest BCUT2D eigenvalue weighted by Crippen LogP contribution is -2.61. The average Bonchev–Trinajstić information content (AvgIpc) is 3.66. The molecule has 4 aromatic rings. The van der Waals surface area contributed by atoms with Crippen LogP contribution < -0.4 is 14.8 Å². The monoisotopic (exact) mass is 793 g/mol. The van der Waals surface area contributed by atoms with Crippen LogP contribution in [0.1, 0.15) is 44.1 Å². The molecule has 1 aliphatic heterocycles. The molecule has 0 radical (unpaired) electrons. The molecule has 1 amide bonds. The van der Waals surface area contributed by atoms with E-state index in [1.54, 1.807) is 42.5 Å². The van der Waals surface area contributed by atoms with Gasteiger partial charge in [-0.15, -0.1) is 0 Å². The van der Waals surface area contributed by atoms with Crippen LogP contribution in [0.4, 0.5) is 22.0 Å². The fraction of sp³-hybridized carbons (Fsp3) is 0.368. The standard InChI is InChI=1S/C36H36ClF2N3O4S.C2HF3O2/c37-29-13-7-25(8-14-29)24-5-11-28(12-6-24)36(38,39)33(34(43)42-20-19-40-35(23-42)17-18-35)41-47(44,45)32-16-10-26-21-31(15-9-27(26)22-32)46-30-3-1-2-4-30;3-2(4,5)1(6)7/h5-16,21-22,30,33,40-41H,1-4,17-20,23H2;(H,6,7). The van der Waals surface area contributed by atoms with E-state index < -0.39 is 45.6 Å². The summed E-state index contributed by atoms with van der Waals surface area (Å²) in [4.78, 5) is 24.0. The number of halogens is 6. The van der Waals surface area contributed by atoms with E-state index in [9.17, 15) is 26.4 Å². The van der Waals surface area contributed by atoms with Crippen LogP contribution in [0.15, 0.2) is 89.8 Å². The number of carboxylic acids is 1. The molecule has 16 heteroatoms. The van der Waals surface area contributed by atoms with Crippen LogP contribution in [-0.2, 0) is 25.5 Å². The number of nitrogens with one attached hydrogen (secondary N) is 2. The SMILES string of the molecule is O=C(C(NS(=O)(=O)c1ccc2cc(OC3CCCC3)ccc2c1)C(F)(F)c1ccc(-c2ccc(Cl)cc2)cc1)N1CCNC2(CC2)C1.O=C(O)C(F)(F)F. The van der Waals surface area contributed by atoms with Crippen LogP contribution >= 0.6 is 11.6 Å². The minimum atomic E-state index is -5.08. The van der Waals surface area contributed by atoms with E-state index in [-0.39, 0.29) is 29.6 Å². The van der Waals surface area contributed by atoms with Crippen LogP contribution in [0.2, 0.25) is 5.02 Å². The first kappa shape index (κ1) is 39.4. The number of carboxylic acid groups (broad SMARTS) is 1. The highest BCUT2D eigenvalue weighted by Crippen LogP contribution is 2.40. The van der Waals surface area contributed by atoms with E-state index in [4.69, 9.17) is 26.2 Å². The Bertz CT molecular complexity index is 2110. The summed E-state index contributed by atoms with van der Waals surface area (Å²) in [6.07, 6.45) is 1.05. The molecule has 0 aromatic heterocycles. The zero-order chi connectivity index (χ0) is 38.9. The van der Waals surface area contributed by atoms with Gasteiger partial charge in [0.25, 0.3) is 5.92 Å². The average molecular weight is 794 g/mol. The number of hydrogen-bond acceptors (Lipinski definition) is 6. The summed E-state index contributed by atoms with van der Waals surface area (Å²) < 4.78 is 101. The molecule has 1 spiro atoms. The molecule has 3 aliphatic rings. The van der Waals surface area contributed by atoms with Crippen molar-refractivity contribution in [3.05, 3.63) is 95.5 Å². The largest absolute Gasteiger partial charge is 0.490 e. The number of alkyl halides is 5. The molecule has 1 unspecified atom stereocenters. The molecule has 3 N–H and O–H groups in total. The van der Waals surface area contributed by atoms with Crippen LogP contribution in [0.25, 0.3) is 21.9 Å². The molecule has 9 nitrogen and oxygen atoms in total. The molecule has 1 saturated heterocycles. The lowest BCUT2D eigenvalue weighted by atomic mass is 9.97. The normalized spacial score (nSPS) is 17.9. The topological polar surface area (TPSA) is 125 Å². The predicted octanol–water partition coefficient (Wildman–Crippen LogP) is 7.52. The molecule has 4 aromatic carbocycles. The summed E-state index contributed by atoms with van der Waals surface area (Å²) in [7, 11) is -4.56. The number of benzene rings is 4. The number of hydrogen-bond donors (Lipinski definition) is 3. The van der Waals surface area contributed by atoms with Gasteiger partial charge in [0.2, 0.25) is 15.9 Å². The van der Waals surface area contributed by atoms with Gasteiger partial charge in [-0.25, -0.2) is 13.2 Å². The zero-order valence-corrected chi connectivity index (χ0v) is 30.3. The maximum atomic E-state index is 16.5. The number of carbonyl (C=O) groups is 2. The Kier molecular flexibility index (Phi) is 11.3. The number of fused-ring (bicyclic) bond motifs is 1. The predicted molar refractivity (Wildman–Crippen MR) is 192 cm³/mol. The van der Waals surface area contributed by atoms with Gasteiger partial charge in [-0.2, -0.15) is 26.7 Å². The van der Waals surface area contributed by atoms with Gasteiger partial charge < -0.3 is 20.1 Å². The van der Waals surface area contributed by atoms with E-state index in [0.717, 1.165) is 49.5 Å². The van der Waals surface area contributed by atoms with E-state index in [1.165, 1.54) is 41.3 Å². The van der Waals surface area contributed by atoms with Crippen LogP contribution in [0.3, 0.4) is 0 Å². The highest BCUT2D eigenvalue weighted by Gasteiger charge is 2.53. The van der Waals surface area contributed by atoms with Gasteiger partial charge in [-0.3, -0.25) is 4.79 Å². The second-order valence-corrected chi connectivity index (χ2v) is 15.9. The number of aliphatic carboxylic acids is 1. The highest BCUT2D eigenvalue weighted by atomic mass is 35.5. The number of nitrogens with zero attached hydrogens (tertiary/aromatic N) is 1. The third-order valence-corrected chi connectivity index (χ3v) is 11.5. The van der Waals surface area contributed by atoms with E-state index >= 15 is 8.78 Å². The number of amides is 1. The first-order chi connectivity index (χ1) is 25.5. The van der Waals surface area contributed by atoms with Gasteiger partial charge in [0.05, 0.1) is 11.0 Å². The molecule has 3 fully saturated rings. The highest BCUT2D eigenvalue weighted by molar-refractivity contribution is 7.89. The van der Waals surface area contributed by atoms with Crippen LogP contribution in [0.5, 0.6) is 5.75 Å². The lowest BCUT2D eigenvalue weighted by Gasteiger charge is -2.38. The minimum Gasteiger partial charge on any atom is -0.490 e. The summed E-state index contributed by atoms with van der Waals surface area (Å²) >= 11 is 5.99. The van der Waals surface area contributed by atoms with Crippen molar-refractivity contribution in [3.8, 4) is 16.9 Å². The van der Waals surface area contributed by atoms with Crippen molar-refractivity contribution in [3.63, 3.8) is 0 Å². The number of sulfonamides is 1. The van der Waals surface area contributed by atoms with Crippen molar-refractivity contribution in [1.82, 2.24) is 14.9 Å². The molecule has 1 atom stereocenters. The summed E-state index contributed by atoms with van der Waals surface area (Å²) in [5.41, 5.74) is 0.698. The van der Waals surface area contributed by atoms with Crippen molar-refractivity contribution in [2.24, 2.45) is 0 Å². The quantitative estimate of drug-likeness (QED) is 0.150. The Morgan fingerprint density at radius 2 is 1.46 bits per heavy atom. The first-order valence-electron chi connectivity index (χ1n) is 17.3. The van der Waals surface area contributed by atoms with Crippen molar-refractivity contribution < 1.29 is 49.8 Å². The molecule has 2 aliphatic carbocycles. The lowest BCUT2D eigenvalue weighted by molar-refractivity contribution is -0.192. The smallest absolute Gasteiger partial charge is 0.490 e. The third-order valence-electron chi connectivity index (χ3n) is 9.81. The zero-order valence-electron chi connectivity index (χ0n) is 28.7. The molecule has 0 bridgehead atoms. The summed E-state index contributed by atoms with van der Waals surface area (Å²) in [6, 6.07) is 20.0. The molecular formula is C38H37ClF5N3O6S. The summed E-state index contributed by atoms with van der Waals surface area (Å²) in [5.74, 6) is -6.88. The Hall–Kier alpha value is -4.31. The third kappa shape index (κ3) is 9.13. The van der Waals surface area contributed by atoms with Crippen molar-refractivity contribution >= 4 is 44.3 Å². The number of rotatable bonds is 9. The van der Waals surface area contributed by atoms with Crippen molar-refractivity contribution in [1.29, 1.82) is 0 Å². The van der Waals surface area contributed by atoms with Gasteiger partial charge in [-0.1, -0.05) is 60.1 Å². The Morgan fingerprint density at radius 1 is 0.889 bits per heavy atom. The van der Waals surface area contributed by atoms with E-state index in [2.05, 4.69) is 10.0 Å².